The van der Waals surface area contributed by atoms with Crippen LogP contribution in [0, 0.1) is 5.21 Å². The molecule has 17 heavy (non-hydrogen) atoms. The van der Waals surface area contributed by atoms with Gasteiger partial charge in [0.05, 0.1) is 6.04 Å². The average Bonchev–Trinajstić information content (AvgIpc) is 2.33. The van der Waals surface area contributed by atoms with Crippen LogP contribution in [0.4, 0.5) is 5.95 Å². The molecule has 0 aliphatic heterocycles. The van der Waals surface area contributed by atoms with Gasteiger partial charge in [0.25, 0.3) is 0 Å². The Labute approximate surface area is 100 Å². The molecule has 1 heterocycles. The zero-order valence-electron chi connectivity index (χ0n) is 10.3. The Morgan fingerprint density at radius 2 is 2.06 bits per heavy atom. The van der Waals surface area contributed by atoms with Crippen molar-refractivity contribution in [2.45, 2.75) is 38.1 Å². The van der Waals surface area contributed by atoms with Crippen molar-refractivity contribution in [3.63, 3.8) is 0 Å². The summed E-state index contributed by atoms with van der Waals surface area (Å²) in [5.74, 6) is 0.141. The highest BCUT2D eigenvalue weighted by molar-refractivity contribution is 5.17. The minimum absolute atomic E-state index is 0.139. The van der Waals surface area contributed by atoms with E-state index in [2.05, 4.69) is 4.98 Å². The Morgan fingerprint density at radius 3 is 2.65 bits per heavy atom. The molecule has 6 heteroatoms. The van der Waals surface area contributed by atoms with Gasteiger partial charge < -0.3 is 5.21 Å². The Morgan fingerprint density at radius 1 is 1.41 bits per heavy atom. The Balaban J connectivity index is 2.36. The molecule has 1 saturated carbocycles. The minimum atomic E-state index is -0.518. The van der Waals surface area contributed by atoms with E-state index in [9.17, 15) is 10.0 Å². The normalized spacial score (nSPS) is 17.1. The largest absolute Gasteiger partial charge is 0.752 e. The first-order valence-corrected chi connectivity index (χ1v) is 5.99. The van der Waals surface area contributed by atoms with Gasteiger partial charge in [-0.3, -0.25) is 4.90 Å². The number of aromatic nitrogens is 3. The third-order valence-corrected chi connectivity index (χ3v) is 3.24. The SMILES string of the molecule is CN(C)c1ncn(C2CCCCC2)c(=O)[n+]1[O-]. The topological polar surface area (TPSA) is 65.1 Å². The number of hydrogen-bond acceptors (Lipinski definition) is 4. The van der Waals surface area contributed by atoms with E-state index in [0.717, 1.165) is 25.7 Å². The lowest BCUT2D eigenvalue weighted by Crippen LogP contribution is -2.54. The van der Waals surface area contributed by atoms with Crippen LogP contribution in [0.15, 0.2) is 11.1 Å². The number of rotatable bonds is 2. The van der Waals surface area contributed by atoms with E-state index in [1.54, 1.807) is 19.0 Å². The minimum Gasteiger partial charge on any atom is -0.752 e. The van der Waals surface area contributed by atoms with Crippen molar-refractivity contribution in [3.8, 4) is 0 Å². The smallest absolute Gasteiger partial charge is 0.417 e. The Hall–Kier alpha value is -1.59. The van der Waals surface area contributed by atoms with Gasteiger partial charge in [0, 0.05) is 14.1 Å². The zero-order chi connectivity index (χ0) is 12.4. The predicted octanol–water partition coefficient (Wildman–Crippen LogP) is 0.448. The Kier molecular flexibility index (Phi) is 3.31. The standard InChI is InChI=1S/C11H18N4O2/c1-13(2)10-12-8-14(11(16)15(10)17)9-6-4-3-5-7-9/h8-9H,3-7H2,1-2H3. The van der Waals surface area contributed by atoms with E-state index in [4.69, 9.17) is 0 Å². The van der Waals surface area contributed by atoms with Crippen molar-refractivity contribution in [3.05, 3.63) is 22.0 Å². The lowest BCUT2D eigenvalue weighted by molar-refractivity contribution is -0.617. The number of anilines is 1. The highest BCUT2D eigenvalue weighted by Crippen LogP contribution is 2.26. The predicted molar refractivity (Wildman–Crippen MR) is 63.9 cm³/mol. The van der Waals surface area contributed by atoms with Crippen LogP contribution in [0.3, 0.4) is 0 Å². The van der Waals surface area contributed by atoms with E-state index in [1.165, 1.54) is 17.3 Å². The second-order valence-corrected chi connectivity index (χ2v) is 4.72. The molecule has 2 rings (SSSR count). The van der Waals surface area contributed by atoms with Gasteiger partial charge in [0.2, 0.25) is 6.33 Å². The summed E-state index contributed by atoms with van der Waals surface area (Å²) in [5, 5.41) is 11.8. The molecule has 0 amide bonds. The first-order chi connectivity index (χ1) is 8.11. The van der Waals surface area contributed by atoms with Gasteiger partial charge in [-0.2, -0.15) is 0 Å². The van der Waals surface area contributed by atoms with Crippen LogP contribution in [0.1, 0.15) is 38.1 Å². The molecule has 0 atom stereocenters. The van der Waals surface area contributed by atoms with Crippen molar-refractivity contribution in [2.24, 2.45) is 0 Å². The van der Waals surface area contributed by atoms with Crippen LogP contribution >= 0.6 is 0 Å². The molecule has 0 spiro atoms. The van der Waals surface area contributed by atoms with Crippen molar-refractivity contribution in [1.82, 2.24) is 9.55 Å². The molecule has 6 nitrogen and oxygen atoms in total. The average molecular weight is 238 g/mol. The number of hydrogen-bond donors (Lipinski definition) is 0. The van der Waals surface area contributed by atoms with Crippen molar-refractivity contribution in [2.75, 3.05) is 19.0 Å². The molecular weight excluding hydrogens is 220 g/mol. The maximum absolute atomic E-state index is 11.9. The third kappa shape index (κ3) is 2.25. The van der Waals surface area contributed by atoms with E-state index < -0.39 is 5.69 Å². The van der Waals surface area contributed by atoms with Gasteiger partial charge >= 0.3 is 11.6 Å². The summed E-state index contributed by atoms with van der Waals surface area (Å²) in [6.07, 6.45) is 6.87. The molecule has 1 aliphatic rings. The van der Waals surface area contributed by atoms with Crippen molar-refractivity contribution in [1.29, 1.82) is 0 Å². The molecule has 1 fully saturated rings. The second kappa shape index (κ2) is 4.73. The van der Waals surface area contributed by atoms with Crippen molar-refractivity contribution < 1.29 is 4.73 Å². The van der Waals surface area contributed by atoms with Gasteiger partial charge in [-0.25, -0.2) is 14.1 Å². The molecule has 0 aromatic carbocycles. The molecule has 1 aromatic rings. The third-order valence-electron chi connectivity index (χ3n) is 3.24. The fourth-order valence-electron chi connectivity index (χ4n) is 2.31. The fraction of sp³-hybridized carbons (Fsp3) is 0.727. The van der Waals surface area contributed by atoms with Crippen LogP contribution in [-0.4, -0.2) is 23.6 Å². The van der Waals surface area contributed by atoms with E-state index in [0.29, 0.717) is 4.73 Å². The van der Waals surface area contributed by atoms with Gasteiger partial charge in [-0.05, 0) is 12.8 Å². The maximum atomic E-state index is 11.9. The molecular formula is C11H18N4O2. The fourth-order valence-corrected chi connectivity index (χ4v) is 2.31. The molecule has 94 valence electrons. The molecule has 0 radical (unpaired) electrons. The summed E-state index contributed by atoms with van der Waals surface area (Å²) in [6, 6.07) is 0.139. The first-order valence-electron chi connectivity index (χ1n) is 5.99. The summed E-state index contributed by atoms with van der Waals surface area (Å²) < 4.78 is 1.85. The quantitative estimate of drug-likeness (QED) is 0.554. The van der Waals surface area contributed by atoms with Gasteiger partial charge in [0.15, 0.2) is 0 Å². The maximum Gasteiger partial charge on any atom is 0.417 e. The summed E-state index contributed by atoms with van der Waals surface area (Å²) in [6.45, 7) is 0. The molecule has 1 aromatic heterocycles. The van der Waals surface area contributed by atoms with Crippen LogP contribution < -0.4 is 15.3 Å². The Bertz CT molecular complexity index is 449. The molecule has 0 bridgehead atoms. The first kappa shape index (κ1) is 11.9. The molecule has 0 saturated heterocycles. The zero-order valence-corrected chi connectivity index (χ0v) is 10.3. The lowest BCUT2D eigenvalue weighted by Gasteiger charge is -2.22. The van der Waals surface area contributed by atoms with Crippen LogP contribution in [0.2, 0.25) is 0 Å². The summed E-state index contributed by atoms with van der Waals surface area (Å²) in [7, 11) is 3.39. The second-order valence-electron chi connectivity index (χ2n) is 4.72. The highest BCUT2D eigenvalue weighted by Gasteiger charge is 2.22. The van der Waals surface area contributed by atoms with Crippen LogP contribution in [0.25, 0.3) is 0 Å². The lowest BCUT2D eigenvalue weighted by atomic mass is 9.95. The van der Waals surface area contributed by atoms with E-state index in [1.807, 2.05) is 0 Å². The van der Waals surface area contributed by atoms with Crippen LogP contribution in [0.5, 0.6) is 0 Å². The highest BCUT2D eigenvalue weighted by atomic mass is 16.5. The molecule has 0 unspecified atom stereocenters. The van der Waals surface area contributed by atoms with Gasteiger partial charge in [-0.15, -0.1) is 0 Å². The van der Waals surface area contributed by atoms with Crippen LogP contribution in [-0.2, 0) is 0 Å². The summed E-state index contributed by atoms with van der Waals surface area (Å²) in [4.78, 5) is 17.5. The monoisotopic (exact) mass is 238 g/mol. The van der Waals surface area contributed by atoms with Gasteiger partial charge in [0.1, 0.15) is 0 Å². The van der Waals surface area contributed by atoms with Crippen molar-refractivity contribution >= 4 is 5.95 Å². The van der Waals surface area contributed by atoms with Gasteiger partial charge in [-0.1, -0.05) is 24.2 Å². The summed E-state index contributed by atoms with van der Waals surface area (Å²) in [5.41, 5.74) is -0.518. The van der Waals surface area contributed by atoms with E-state index in [-0.39, 0.29) is 12.0 Å². The van der Waals surface area contributed by atoms with E-state index >= 15 is 0 Å². The number of nitrogens with zero attached hydrogens (tertiary/aromatic N) is 4. The molecule has 1 aliphatic carbocycles. The summed E-state index contributed by atoms with van der Waals surface area (Å²) >= 11 is 0. The molecule has 0 N–H and O–H groups in total.